The van der Waals surface area contributed by atoms with Crippen molar-refractivity contribution in [3.05, 3.63) is 66.2 Å². The van der Waals surface area contributed by atoms with Crippen LogP contribution in [-0.4, -0.2) is 43.8 Å². The first-order chi connectivity index (χ1) is 12.0. The zero-order valence-corrected chi connectivity index (χ0v) is 15.0. The van der Waals surface area contributed by atoms with Crippen LogP contribution in [0.5, 0.6) is 5.75 Å². The second-order valence-corrected chi connectivity index (χ2v) is 8.42. The van der Waals surface area contributed by atoms with E-state index in [1.165, 1.54) is 5.57 Å². The van der Waals surface area contributed by atoms with Gasteiger partial charge in [-0.15, -0.1) is 0 Å². The number of phenolic OH excluding ortho intramolecular Hbond substituents is 1. The molecule has 1 N–H and O–H groups in total. The van der Waals surface area contributed by atoms with E-state index >= 15 is 0 Å². The topological polar surface area (TPSA) is 57.6 Å². The highest BCUT2D eigenvalue weighted by Crippen LogP contribution is 2.24. The Bertz CT molecular complexity index is 827. The molecule has 0 radical (unpaired) electrons. The molecular formula is C20H23NO3S. The van der Waals surface area contributed by atoms with E-state index in [9.17, 15) is 13.5 Å². The minimum atomic E-state index is -3.18. The van der Waals surface area contributed by atoms with Crippen LogP contribution in [0.25, 0.3) is 5.57 Å². The van der Waals surface area contributed by atoms with E-state index in [0.29, 0.717) is 11.3 Å². The molecule has 0 unspecified atom stereocenters. The fourth-order valence-electron chi connectivity index (χ4n) is 3.08. The quantitative estimate of drug-likeness (QED) is 0.861. The number of nitrogens with zero attached hydrogens (tertiary/aromatic N) is 1. The number of benzene rings is 2. The summed E-state index contributed by atoms with van der Waals surface area (Å²) in [7, 11) is -3.18. The molecule has 1 heterocycles. The molecule has 0 fully saturated rings. The van der Waals surface area contributed by atoms with Gasteiger partial charge in [0.2, 0.25) is 0 Å². The number of hydrogen-bond donors (Lipinski definition) is 1. The molecule has 1 aliphatic rings. The van der Waals surface area contributed by atoms with Crippen LogP contribution < -0.4 is 0 Å². The van der Waals surface area contributed by atoms with Crippen LogP contribution >= 0.6 is 0 Å². The van der Waals surface area contributed by atoms with E-state index in [2.05, 4.69) is 11.0 Å². The van der Waals surface area contributed by atoms with Gasteiger partial charge >= 0.3 is 0 Å². The van der Waals surface area contributed by atoms with Crippen molar-refractivity contribution in [2.45, 2.75) is 17.7 Å². The number of hydrogen-bond acceptors (Lipinski definition) is 4. The van der Waals surface area contributed by atoms with Crippen LogP contribution in [0.1, 0.15) is 18.4 Å². The lowest BCUT2D eigenvalue weighted by Crippen LogP contribution is -2.30. The second kappa shape index (κ2) is 7.85. The molecule has 3 rings (SSSR count). The SMILES string of the molecule is O=S(=O)(CCCN1CC=C(c2ccc(O)cc2)CC1)c1ccccc1. The van der Waals surface area contributed by atoms with Gasteiger partial charge in [-0.25, -0.2) is 8.42 Å². The van der Waals surface area contributed by atoms with Gasteiger partial charge in [0, 0.05) is 13.1 Å². The Morgan fingerprint density at radius 2 is 1.72 bits per heavy atom. The predicted octanol–water partition coefficient (Wildman–Crippen LogP) is 3.35. The number of sulfone groups is 1. The highest BCUT2D eigenvalue weighted by atomic mass is 32.2. The number of aromatic hydroxyl groups is 1. The smallest absolute Gasteiger partial charge is 0.178 e. The van der Waals surface area contributed by atoms with Gasteiger partial charge in [0.1, 0.15) is 5.75 Å². The fourth-order valence-corrected chi connectivity index (χ4v) is 4.39. The van der Waals surface area contributed by atoms with Gasteiger partial charge in [-0.05, 0) is 54.8 Å². The minimum absolute atomic E-state index is 0.183. The van der Waals surface area contributed by atoms with Crippen LogP contribution in [0.15, 0.2) is 65.6 Å². The third-order valence-corrected chi connectivity index (χ3v) is 6.34. The maximum absolute atomic E-state index is 12.3. The van der Waals surface area contributed by atoms with Crippen molar-refractivity contribution in [2.75, 3.05) is 25.4 Å². The lowest BCUT2D eigenvalue weighted by atomic mass is 9.99. The summed E-state index contributed by atoms with van der Waals surface area (Å²) < 4.78 is 24.6. The summed E-state index contributed by atoms with van der Waals surface area (Å²) in [6.07, 6.45) is 3.78. The van der Waals surface area contributed by atoms with E-state index in [1.807, 2.05) is 18.2 Å². The van der Waals surface area contributed by atoms with Crippen LogP contribution in [0.4, 0.5) is 0 Å². The molecule has 2 aromatic carbocycles. The van der Waals surface area contributed by atoms with Crippen molar-refractivity contribution >= 4 is 15.4 Å². The normalized spacial score (nSPS) is 15.8. The summed E-state index contributed by atoms with van der Waals surface area (Å²) in [5.74, 6) is 0.462. The fraction of sp³-hybridized carbons (Fsp3) is 0.300. The first-order valence-electron chi connectivity index (χ1n) is 8.53. The van der Waals surface area contributed by atoms with Crippen LogP contribution in [0.2, 0.25) is 0 Å². The summed E-state index contributed by atoms with van der Waals surface area (Å²) >= 11 is 0. The van der Waals surface area contributed by atoms with Crippen LogP contribution in [0.3, 0.4) is 0 Å². The summed E-state index contributed by atoms with van der Waals surface area (Å²) in [5, 5.41) is 9.37. The molecule has 0 aliphatic carbocycles. The van der Waals surface area contributed by atoms with Gasteiger partial charge in [-0.1, -0.05) is 36.4 Å². The van der Waals surface area contributed by atoms with Crippen molar-refractivity contribution in [1.82, 2.24) is 4.90 Å². The molecular weight excluding hydrogens is 334 g/mol. The first kappa shape index (κ1) is 17.7. The largest absolute Gasteiger partial charge is 0.508 e. The van der Waals surface area contributed by atoms with E-state index in [0.717, 1.165) is 31.6 Å². The molecule has 4 nitrogen and oxygen atoms in total. The molecule has 1 aliphatic heterocycles. The number of phenols is 1. The molecule has 132 valence electrons. The maximum atomic E-state index is 12.3. The Labute approximate surface area is 149 Å². The molecule has 0 atom stereocenters. The lowest BCUT2D eigenvalue weighted by Gasteiger charge is -2.26. The highest BCUT2D eigenvalue weighted by Gasteiger charge is 2.16. The average molecular weight is 357 g/mol. The highest BCUT2D eigenvalue weighted by molar-refractivity contribution is 7.91. The van der Waals surface area contributed by atoms with E-state index < -0.39 is 9.84 Å². The van der Waals surface area contributed by atoms with Crippen LogP contribution in [-0.2, 0) is 9.84 Å². The Morgan fingerprint density at radius 3 is 2.36 bits per heavy atom. The lowest BCUT2D eigenvalue weighted by molar-refractivity contribution is 0.303. The summed E-state index contributed by atoms with van der Waals surface area (Å²) in [5.41, 5.74) is 2.43. The zero-order valence-electron chi connectivity index (χ0n) is 14.1. The van der Waals surface area contributed by atoms with Gasteiger partial charge in [-0.3, -0.25) is 4.90 Å². The first-order valence-corrected chi connectivity index (χ1v) is 10.2. The zero-order chi connectivity index (χ0) is 17.7. The molecule has 0 saturated heterocycles. The van der Waals surface area contributed by atoms with Gasteiger partial charge in [0.15, 0.2) is 9.84 Å². The minimum Gasteiger partial charge on any atom is -0.508 e. The number of rotatable bonds is 6. The van der Waals surface area contributed by atoms with Crippen molar-refractivity contribution in [3.8, 4) is 5.75 Å². The Kier molecular flexibility index (Phi) is 5.56. The Balaban J connectivity index is 1.50. The van der Waals surface area contributed by atoms with Gasteiger partial charge in [0.05, 0.1) is 10.6 Å². The van der Waals surface area contributed by atoms with Crippen molar-refractivity contribution in [2.24, 2.45) is 0 Å². The van der Waals surface area contributed by atoms with E-state index in [1.54, 1.807) is 36.4 Å². The molecule has 2 aromatic rings. The molecule has 0 spiro atoms. The Hall–Kier alpha value is -2.11. The van der Waals surface area contributed by atoms with Gasteiger partial charge < -0.3 is 5.11 Å². The molecule has 0 aromatic heterocycles. The van der Waals surface area contributed by atoms with E-state index in [-0.39, 0.29) is 11.5 Å². The van der Waals surface area contributed by atoms with E-state index in [4.69, 9.17) is 0 Å². The molecule has 0 amide bonds. The molecule has 5 heteroatoms. The van der Waals surface area contributed by atoms with Crippen molar-refractivity contribution in [1.29, 1.82) is 0 Å². The molecule has 0 bridgehead atoms. The standard InChI is InChI=1S/C20H23NO3S/c22-19-9-7-17(8-10-19)18-11-14-21(15-12-18)13-4-16-25(23,24)20-5-2-1-3-6-20/h1-3,5-11,22H,4,12-16H2. The van der Waals surface area contributed by atoms with Crippen molar-refractivity contribution < 1.29 is 13.5 Å². The monoisotopic (exact) mass is 357 g/mol. The molecule has 0 saturated carbocycles. The third-order valence-electron chi connectivity index (χ3n) is 4.52. The van der Waals surface area contributed by atoms with Gasteiger partial charge in [-0.2, -0.15) is 0 Å². The maximum Gasteiger partial charge on any atom is 0.178 e. The third kappa shape index (κ3) is 4.71. The summed E-state index contributed by atoms with van der Waals surface area (Å²) in [6, 6.07) is 15.9. The predicted molar refractivity (Wildman–Crippen MR) is 100 cm³/mol. The summed E-state index contributed by atoms with van der Waals surface area (Å²) in [6.45, 7) is 2.55. The van der Waals surface area contributed by atoms with Gasteiger partial charge in [0.25, 0.3) is 0 Å². The molecule has 25 heavy (non-hydrogen) atoms. The van der Waals surface area contributed by atoms with Crippen LogP contribution in [0, 0.1) is 0 Å². The Morgan fingerprint density at radius 1 is 1.00 bits per heavy atom. The average Bonchev–Trinajstić information content (AvgIpc) is 2.64. The summed E-state index contributed by atoms with van der Waals surface area (Å²) in [4.78, 5) is 2.69. The van der Waals surface area contributed by atoms with Crippen molar-refractivity contribution in [3.63, 3.8) is 0 Å². The second-order valence-electron chi connectivity index (χ2n) is 6.31.